The molecule has 0 saturated carbocycles. The number of carbonyl (C=O) groups excluding carboxylic acids is 2. The predicted octanol–water partition coefficient (Wildman–Crippen LogP) is -0.910. The molecule has 1 aliphatic rings. The van der Waals surface area contributed by atoms with E-state index in [-0.39, 0.29) is 18.2 Å². The number of rotatable bonds is 1. The highest BCUT2D eigenvalue weighted by Gasteiger charge is 2.27. The molecule has 0 bridgehead atoms. The fourth-order valence-electron chi connectivity index (χ4n) is 0.918. The maximum Gasteiger partial charge on any atom is 0.323 e. The molecule has 0 amide bonds. The van der Waals surface area contributed by atoms with Crippen molar-refractivity contribution < 1.29 is 14.3 Å². The number of esters is 1. The summed E-state index contributed by atoms with van der Waals surface area (Å²) in [6, 6.07) is -0.405. The maximum atomic E-state index is 10.7. The molecule has 0 aliphatic carbocycles. The minimum Gasteiger partial charge on any atom is -0.468 e. The highest BCUT2D eigenvalue weighted by atomic mass is 16.5. The summed E-state index contributed by atoms with van der Waals surface area (Å²) in [6.45, 7) is 0.291. The van der Waals surface area contributed by atoms with E-state index in [1.165, 1.54) is 7.11 Å². The smallest absolute Gasteiger partial charge is 0.323 e. The van der Waals surface area contributed by atoms with E-state index < -0.39 is 6.04 Å². The molecule has 0 aromatic heterocycles. The highest BCUT2D eigenvalue weighted by Crippen LogP contribution is 2.02. The summed E-state index contributed by atoms with van der Waals surface area (Å²) >= 11 is 0. The van der Waals surface area contributed by atoms with Crippen molar-refractivity contribution in [2.24, 2.45) is 0 Å². The molecule has 56 valence electrons. The zero-order valence-electron chi connectivity index (χ0n) is 5.72. The zero-order valence-corrected chi connectivity index (χ0v) is 5.72. The molecule has 10 heavy (non-hydrogen) atoms. The number of methoxy groups -OCH3 is 1. The van der Waals surface area contributed by atoms with Crippen molar-refractivity contribution in [3.63, 3.8) is 0 Å². The summed E-state index contributed by atoms with van der Waals surface area (Å²) in [6.07, 6.45) is 0.271. The van der Waals surface area contributed by atoms with Gasteiger partial charge in [-0.1, -0.05) is 0 Å². The van der Waals surface area contributed by atoms with Crippen molar-refractivity contribution in [3.05, 3.63) is 0 Å². The molecule has 1 saturated heterocycles. The van der Waals surface area contributed by atoms with E-state index in [1.807, 2.05) is 0 Å². The number of nitrogens with one attached hydrogen (secondary N) is 1. The number of hydrogen-bond donors (Lipinski definition) is 1. The first-order valence-electron chi connectivity index (χ1n) is 3.07. The molecule has 4 nitrogen and oxygen atoms in total. The molecule has 4 heteroatoms. The molecule has 1 fully saturated rings. The molecule has 1 N–H and O–H groups in total. The van der Waals surface area contributed by atoms with Gasteiger partial charge in [0.1, 0.15) is 11.8 Å². The van der Waals surface area contributed by atoms with Crippen molar-refractivity contribution in [2.45, 2.75) is 12.5 Å². The van der Waals surface area contributed by atoms with E-state index in [4.69, 9.17) is 0 Å². The van der Waals surface area contributed by atoms with Crippen LogP contribution in [0.1, 0.15) is 6.42 Å². The molecular weight excluding hydrogens is 134 g/mol. The number of carbonyl (C=O) groups is 2. The Hall–Kier alpha value is -0.900. The van der Waals surface area contributed by atoms with Crippen molar-refractivity contribution in [1.82, 2.24) is 5.32 Å². The molecule has 0 aromatic rings. The fourth-order valence-corrected chi connectivity index (χ4v) is 0.918. The average molecular weight is 143 g/mol. The van der Waals surface area contributed by atoms with Gasteiger partial charge >= 0.3 is 5.97 Å². The first-order chi connectivity index (χ1) is 4.74. The summed E-state index contributed by atoms with van der Waals surface area (Å²) in [4.78, 5) is 21.3. The predicted molar refractivity (Wildman–Crippen MR) is 33.4 cm³/mol. The maximum absolute atomic E-state index is 10.7. The lowest BCUT2D eigenvalue weighted by molar-refractivity contribution is -0.143. The van der Waals surface area contributed by atoms with Crippen LogP contribution < -0.4 is 5.32 Å². The van der Waals surface area contributed by atoms with Crippen LogP contribution >= 0.6 is 0 Å². The van der Waals surface area contributed by atoms with Gasteiger partial charge in [0.15, 0.2) is 0 Å². The van der Waals surface area contributed by atoms with Crippen LogP contribution in [0.15, 0.2) is 0 Å². The van der Waals surface area contributed by atoms with Crippen LogP contribution in [0.5, 0.6) is 0 Å². The summed E-state index contributed by atoms with van der Waals surface area (Å²) < 4.78 is 4.43. The first kappa shape index (κ1) is 7.21. The summed E-state index contributed by atoms with van der Waals surface area (Å²) in [5.41, 5.74) is 0. The Bertz CT molecular complexity index is 166. The van der Waals surface area contributed by atoms with Crippen molar-refractivity contribution >= 4 is 11.8 Å². The van der Waals surface area contributed by atoms with E-state index in [0.29, 0.717) is 6.54 Å². The van der Waals surface area contributed by atoms with Gasteiger partial charge in [-0.2, -0.15) is 0 Å². The lowest BCUT2D eigenvalue weighted by Gasteiger charge is -2.03. The van der Waals surface area contributed by atoms with E-state index in [9.17, 15) is 9.59 Å². The monoisotopic (exact) mass is 143 g/mol. The van der Waals surface area contributed by atoms with Gasteiger partial charge in [0.2, 0.25) is 0 Å². The minimum atomic E-state index is -0.405. The van der Waals surface area contributed by atoms with Crippen molar-refractivity contribution in [2.75, 3.05) is 13.7 Å². The van der Waals surface area contributed by atoms with Gasteiger partial charge in [0.25, 0.3) is 0 Å². The third-order valence-corrected chi connectivity index (χ3v) is 1.46. The Balaban J connectivity index is 2.44. The number of hydrogen-bond acceptors (Lipinski definition) is 4. The normalized spacial score (nSPS) is 24.9. The third kappa shape index (κ3) is 1.33. The number of Topliss-reactive ketones (excluding diaryl/α,β-unsaturated/α-hetero) is 1. The average Bonchev–Trinajstić information content (AvgIpc) is 2.34. The van der Waals surface area contributed by atoms with Crippen molar-refractivity contribution in [3.8, 4) is 0 Å². The van der Waals surface area contributed by atoms with E-state index in [0.717, 1.165) is 0 Å². The minimum absolute atomic E-state index is 0.0652. The van der Waals surface area contributed by atoms with Crippen molar-refractivity contribution in [1.29, 1.82) is 0 Å². The van der Waals surface area contributed by atoms with E-state index in [1.54, 1.807) is 0 Å². The van der Waals surface area contributed by atoms with Gasteiger partial charge in [-0.05, 0) is 0 Å². The fraction of sp³-hybridized carbons (Fsp3) is 0.667. The molecule has 1 heterocycles. The molecule has 0 unspecified atom stereocenters. The van der Waals surface area contributed by atoms with Gasteiger partial charge in [-0.15, -0.1) is 0 Å². The van der Waals surface area contributed by atoms with Gasteiger partial charge in [-0.25, -0.2) is 0 Å². The van der Waals surface area contributed by atoms with Crippen LogP contribution in [0.25, 0.3) is 0 Å². The van der Waals surface area contributed by atoms with Crippen LogP contribution in [0, 0.1) is 0 Å². The second kappa shape index (κ2) is 2.79. The molecular formula is C6H9NO3. The molecule has 0 radical (unpaired) electrons. The number of ether oxygens (including phenoxy) is 1. The van der Waals surface area contributed by atoms with Crippen LogP contribution in [0.4, 0.5) is 0 Å². The van der Waals surface area contributed by atoms with Gasteiger partial charge in [0, 0.05) is 6.42 Å². The van der Waals surface area contributed by atoms with Crippen LogP contribution in [-0.2, 0) is 14.3 Å². The van der Waals surface area contributed by atoms with Gasteiger partial charge in [-0.3, -0.25) is 14.9 Å². The van der Waals surface area contributed by atoms with E-state index in [2.05, 4.69) is 10.1 Å². The standard InChI is InChI=1S/C6H9NO3/c1-10-6(9)5-2-4(8)3-7-5/h5,7H,2-3H2,1H3/t5-/m0/s1. The Morgan fingerprint density at radius 3 is 2.90 bits per heavy atom. The van der Waals surface area contributed by atoms with Gasteiger partial charge < -0.3 is 4.74 Å². The Kier molecular flexibility index (Phi) is 2.01. The first-order valence-corrected chi connectivity index (χ1v) is 3.07. The SMILES string of the molecule is COC(=O)[C@@H]1CC(=O)CN1. The quantitative estimate of drug-likeness (QED) is 0.483. The summed E-state index contributed by atoms with van der Waals surface area (Å²) in [7, 11) is 1.31. The Morgan fingerprint density at radius 1 is 1.80 bits per heavy atom. The van der Waals surface area contributed by atoms with Crippen LogP contribution in [-0.4, -0.2) is 31.4 Å². The summed E-state index contributed by atoms with van der Waals surface area (Å²) in [5, 5.41) is 2.73. The second-order valence-corrected chi connectivity index (χ2v) is 2.20. The zero-order chi connectivity index (χ0) is 7.56. The van der Waals surface area contributed by atoms with Crippen LogP contribution in [0.3, 0.4) is 0 Å². The highest BCUT2D eigenvalue weighted by molar-refractivity contribution is 5.91. The molecule has 1 atom stereocenters. The molecule has 0 aromatic carbocycles. The second-order valence-electron chi connectivity index (χ2n) is 2.20. The number of ketones is 1. The Morgan fingerprint density at radius 2 is 2.50 bits per heavy atom. The lowest BCUT2D eigenvalue weighted by atomic mass is 10.2. The summed E-state index contributed by atoms with van der Waals surface area (Å²) in [5.74, 6) is -0.291. The molecule has 0 spiro atoms. The third-order valence-electron chi connectivity index (χ3n) is 1.46. The van der Waals surface area contributed by atoms with E-state index >= 15 is 0 Å². The molecule has 1 aliphatic heterocycles. The topological polar surface area (TPSA) is 55.4 Å². The Labute approximate surface area is 58.5 Å². The lowest BCUT2D eigenvalue weighted by Crippen LogP contribution is -2.31. The van der Waals surface area contributed by atoms with Gasteiger partial charge in [0.05, 0.1) is 13.7 Å². The molecule has 1 rings (SSSR count). The largest absolute Gasteiger partial charge is 0.468 e. The van der Waals surface area contributed by atoms with Crippen LogP contribution in [0.2, 0.25) is 0 Å².